The minimum atomic E-state index is 0.636. The molecule has 0 aliphatic rings. The highest BCUT2D eigenvalue weighted by atomic mass is 16.5. The van der Waals surface area contributed by atoms with Crippen LogP contribution in [0.25, 0.3) is 10.9 Å². The number of benzene rings is 2. The Kier molecular flexibility index (Phi) is 5.51. The second kappa shape index (κ2) is 8.20. The second-order valence-electron chi connectivity index (χ2n) is 5.38. The molecule has 0 amide bonds. The molecular weight excluding hydrogens is 300 g/mol. The molecule has 0 aliphatic heterocycles. The van der Waals surface area contributed by atoms with Crippen LogP contribution >= 0.6 is 0 Å². The molecule has 0 saturated carbocycles. The fourth-order valence-electron chi connectivity index (χ4n) is 2.57. The third kappa shape index (κ3) is 3.96. The SMILES string of the molecule is CCOc1ccccc1OCCCNc1ccnc2ccccc12. The summed E-state index contributed by atoms with van der Waals surface area (Å²) < 4.78 is 11.4. The molecule has 0 bridgehead atoms. The van der Waals surface area contributed by atoms with E-state index in [-0.39, 0.29) is 0 Å². The minimum absolute atomic E-state index is 0.636. The van der Waals surface area contributed by atoms with E-state index in [2.05, 4.69) is 16.4 Å². The Bertz CT molecular complexity index is 784. The van der Waals surface area contributed by atoms with E-state index in [4.69, 9.17) is 9.47 Å². The van der Waals surface area contributed by atoms with E-state index in [0.717, 1.165) is 41.1 Å². The second-order valence-corrected chi connectivity index (χ2v) is 5.38. The summed E-state index contributed by atoms with van der Waals surface area (Å²) in [6.45, 7) is 4.09. The van der Waals surface area contributed by atoms with Crippen LogP contribution in [-0.2, 0) is 0 Å². The standard InChI is InChI=1S/C20H22N2O2/c1-2-23-19-10-5-6-11-20(19)24-15-7-13-21-18-12-14-22-17-9-4-3-8-16(17)18/h3-6,8-12,14H,2,7,13,15H2,1H3,(H,21,22). The Morgan fingerprint density at radius 1 is 0.917 bits per heavy atom. The molecule has 3 rings (SSSR count). The van der Waals surface area contributed by atoms with Gasteiger partial charge in [0.05, 0.1) is 18.7 Å². The molecular formula is C20H22N2O2. The number of hydrogen-bond donors (Lipinski definition) is 1. The van der Waals surface area contributed by atoms with Crippen molar-refractivity contribution in [2.75, 3.05) is 25.1 Å². The Hall–Kier alpha value is -2.75. The summed E-state index contributed by atoms with van der Waals surface area (Å²) in [4.78, 5) is 4.37. The van der Waals surface area contributed by atoms with E-state index in [1.807, 2.05) is 61.7 Å². The van der Waals surface area contributed by atoms with Gasteiger partial charge in [-0.15, -0.1) is 0 Å². The van der Waals surface area contributed by atoms with Gasteiger partial charge in [0.15, 0.2) is 11.5 Å². The first-order valence-corrected chi connectivity index (χ1v) is 8.30. The highest BCUT2D eigenvalue weighted by molar-refractivity contribution is 5.90. The van der Waals surface area contributed by atoms with Crippen LogP contribution < -0.4 is 14.8 Å². The van der Waals surface area contributed by atoms with Gasteiger partial charge < -0.3 is 14.8 Å². The molecule has 3 aromatic rings. The molecule has 4 nitrogen and oxygen atoms in total. The van der Waals surface area contributed by atoms with Crippen molar-refractivity contribution in [2.24, 2.45) is 0 Å². The van der Waals surface area contributed by atoms with Gasteiger partial charge in [-0.25, -0.2) is 0 Å². The third-order valence-corrected chi connectivity index (χ3v) is 3.69. The van der Waals surface area contributed by atoms with Gasteiger partial charge >= 0.3 is 0 Å². The zero-order valence-corrected chi connectivity index (χ0v) is 13.9. The molecule has 1 aromatic heterocycles. The maximum Gasteiger partial charge on any atom is 0.161 e. The van der Waals surface area contributed by atoms with Crippen LogP contribution in [-0.4, -0.2) is 24.7 Å². The molecule has 0 saturated heterocycles. The average Bonchev–Trinajstić information content (AvgIpc) is 2.63. The highest BCUT2D eigenvalue weighted by Crippen LogP contribution is 2.26. The number of nitrogens with one attached hydrogen (secondary N) is 1. The zero-order valence-electron chi connectivity index (χ0n) is 13.9. The molecule has 0 unspecified atom stereocenters. The number of aromatic nitrogens is 1. The van der Waals surface area contributed by atoms with Crippen LogP contribution in [0.15, 0.2) is 60.8 Å². The molecule has 0 radical (unpaired) electrons. The first kappa shape index (κ1) is 16.1. The average molecular weight is 322 g/mol. The molecule has 0 aliphatic carbocycles. The monoisotopic (exact) mass is 322 g/mol. The Morgan fingerprint density at radius 2 is 1.67 bits per heavy atom. The Labute approximate surface area is 142 Å². The first-order valence-electron chi connectivity index (χ1n) is 8.30. The van der Waals surface area contributed by atoms with E-state index >= 15 is 0 Å². The maximum absolute atomic E-state index is 5.84. The minimum Gasteiger partial charge on any atom is -0.490 e. The summed E-state index contributed by atoms with van der Waals surface area (Å²) in [5, 5.41) is 4.60. The number of anilines is 1. The number of ether oxygens (including phenoxy) is 2. The van der Waals surface area contributed by atoms with Gasteiger partial charge in [-0.05, 0) is 37.6 Å². The van der Waals surface area contributed by atoms with Crippen molar-refractivity contribution < 1.29 is 9.47 Å². The highest BCUT2D eigenvalue weighted by Gasteiger charge is 2.03. The molecule has 124 valence electrons. The van der Waals surface area contributed by atoms with Crippen LogP contribution in [0.1, 0.15) is 13.3 Å². The lowest BCUT2D eigenvalue weighted by molar-refractivity contribution is 0.275. The molecule has 24 heavy (non-hydrogen) atoms. The first-order chi connectivity index (χ1) is 11.9. The maximum atomic E-state index is 5.84. The van der Waals surface area contributed by atoms with Crippen molar-refractivity contribution in [3.05, 3.63) is 60.8 Å². The summed E-state index contributed by atoms with van der Waals surface area (Å²) in [6, 6.07) is 17.9. The van der Waals surface area contributed by atoms with Crippen molar-refractivity contribution in [2.45, 2.75) is 13.3 Å². The zero-order chi connectivity index (χ0) is 16.6. The van der Waals surface area contributed by atoms with Gasteiger partial charge in [-0.3, -0.25) is 4.98 Å². The van der Waals surface area contributed by atoms with Gasteiger partial charge in [0.2, 0.25) is 0 Å². The lowest BCUT2D eigenvalue weighted by atomic mass is 10.2. The number of nitrogens with zero attached hydrogens (tertiary/aromatic N) is 1. The van der Waals surface area contributed by atoms with Gasteiger partial charge in [-0.2, -0.15) is 0 Å². The fraction of sp³-hybridized carbons (Fsp3) is 0.250. The van der Waals surface area contributed by atoms with Crippen LogP contribution in [0.2, 0.25) is 0 Å². The molecule has 0 spiro atoms. The Morgan fingerprint density at radius 3 is 2.50 bits per heavy atom. The third-order valence-electron chi connectivity index (χ3n) is 3.69. The summed E-state index contributed by atoms with van der Waals surface area (Å²) in [5.74, 6) is 1.60. The van der Waals surface area contributed by atoms with Gasteiger partial charge in [0.1, 0.15) is 0 Å². The van der Waals surface area contributed by atoms with Gasteiger partial charge in [0, 0.05) is 23.8 Å². The summed E-state index contributed by atoms with van der Waals surface area (Å²) >= 11 is 0. The van der Waals surface area contributed by atoms with Crippen molar-refractivity contribution in [1.82, 2.24) is 4.98 Å². The summed E-state index contributed by atoms with van der Waals surface area (Å²) in [5.41, 5.74) is 2.11. The van der Waals surface area contributed by atoms with E-state index in [1.54, 1.807) is 0 Å². The number of fused-ring (bicyclic) bond motifs is 1. The number of rotatable bonds is 8. The Balaban J connectivity index is 1.51. The summed E-state index contributed by atoms with van der Waals surface area (Å²) in [7, 11) is 0. The molecule has 1 N–H and O–H groups in total. The number of pyridine rings is 1. The van der Waals surface area contributed by atoms with Crippen LogP contribution in [0.5, 0.6) is 11.5 Å². The topological polar surface area (TPSA) is 43.4 Å². The molecule has 2 aromatic carbocycles. The number of hydrogen-bond acceptors (Lipinski definition) is 4. The molecule has 4 heteroatoms. The predicted molar refractivity (Wildman–Crippen MR) is 98.0 cm³/mol. The van der Waals surface area contributed by atoms with Crippen molar-refractivity contribution in [1.29, 1.82) is 0 Å². The fourth-order valence-corrected chi connectivity index (χ4v) is 2.57. The predicted octanol–water partition coefficient (Wildman–Crippen LogP) is 4.51. The van der Waals surface area contributed by atoms with E-state index in [1.165, 1.54) is 0 Å². The van der Waals surface area contributed by atoms with E-state index in [9.17, 15) is 0 Å². The molecule has 0 fully saturated rings. The van der Waals surface area contributed by atoms with Crippen molar-refractivity contribution in [3.63, 3.8) is 0 Å². The molecule has 0 atom stereocenters. The van der Waals surface area contributed by atoms with Crippen molar-refractivity contribution in [3.8, 4) is 11.5 Å². The lowest BCUT2D eigenvalue weighted by Crippen LogP contribution is -2.08. The van der Waals surface area contributed by atoms with E-state index in [0.29, 0.717) is 13.2 Å². The number of para-hydroxylation sites is 3. The van der Waals surface area contributed by atoms with Gasteiger partial charge in [-0.1, -0.05) is 30.3 Å². The smallest absolute Gasteiger partial charge is 0.161 e. The van der Waals surface area contributed by atoms with Crippen LogP contribution in [0.3, 0.4) is 0 Å². The largest absolute Gasteiger partial charge is 0.490 e. The van der Waals surface area contributed by atoms with Crippen LogP contribution in [0, 0.1) is 0 Å². The summed E-state index contributed by atoms with van der Waals surface area (Å²) in [6.07, 6.45) is 2.73. The quantitative estimate of drug-likeness (QED) is 0.620. The van der Waals surface area contributed by atoms with Crippen molar-refractivity contribution >= 4 is 16.6 Å². The van der Waals surface area contributed by atoms with E-state index < -0.39 is 0 Å². The molecule has 1 heterocycles. The van der Waals surface area contributed by atoms with Crippen LogP contribution in [0.4, 0.5) is 5.69 Å². The normalized spacial score (nSPS) is 10.5. The lowest BCUT2D eigenvalue weighted by Gasteiger charge is -2.12. The van der Waals surface area contributed by atoms with Gasteiger partial charge in [0.25, 0.3) is 0 Å².